The van der Waals surface area contributed by atoms with E-state index in [0.29, 0.717) is 79.8 Å². The summed E-state index contributed by atoms with van der Waals surface area (Å²) < 4.78 is 17.7. The molecular weight excluding hydrogens is 478 g/mol. The SMILES string of the molecule is C=C(NCCCC(=O)NC)C1=C(/N=C(\N)N2CCC(/C=C/C=C\C=C/C)(C(=O)OC)CC2)CC[S+]1[O-]. The molecular formula is C26H39N5O4S. The zero-order valence-electron chi connectivity index (χ0n) is 21.5. The quantitative estimate of drug-likeness (QED) is 0.0956. The summed E-state index contributed by atoms with van der Waals surface area (Å²) in [6, 6.07) is 0. The Hall–Kier alpha value is -2.98. The number of nitrogens with zero attached hydrogens (tertiary/aromatic N) is 2. The number of rotatable bonds is 11. The molecule has 2 aliphatic rings. The van der Waals surface area contributed by atoms with Crippen molar-refractivity contribution in [3.63, 3.8) is 0 Å². The molecule has 4 N–H and O–H groups in total. The van der Waals surface area contributed by atoms with Crippen LogP contribution in [-0.4, -0.2) is 66.8 Å². The number of aliphatic imine (C=N–C) groups is 1. The molecule has 0 bridgehead atoms. The average molecular weight is 518 g/mol. The van der Waals surface area contributed by atoms with Crippen molar-refractivity contribution in [2.75, 3.05) is 39.5 Å². The molecule has 1 atom stereocenters. The molecule has 0 aromatic carbocycles. The Morgan fingerprint density at radius 3 is 2.61 bits per heavy atom. The van der Waals surface area contributed by atoms with Crippen LogP contribution in [0, 0.1) is 5.41 Å². The number of ether oxygens (including phenoxy) is 1. The summed E-state index contributed by atoms with van der Waals surface area (Å²) in [5.74, 6) is 0.521. The minimum Gasteiger partial charge on any atom is -0.611 e. The highest BCUT2D eigenvalue weighted by atomic mass is 32.2. The molecule has 9 nitrogen and oxygen atoms in total. The number of likely N-dealkylation sites (tertiary alicyclic amines) is 1. The molecule has 10 heteroatoms. The Labute approximate surface area is 217 Å². The van der Waals surface area contributed by atoms with Crippen LogP contribution in [0.1, 0.15) is 39.0 Å². The minimum absolute atomic E-state index is 0.0255. The van der Waals surface area contributed by atoms with Gasteiger partial charge >= 0.3 is 5.97 Å². The van der Waals surface area contributed by atoms with E-state index in [1.54, 1.807) is 7.05 Å². The van der Waals surface area contributed by atoms with Crippen molar-refractivity contribution in [2.24, 2.45) is 16.1 Å². The number of nitrogens with one attached hydrogen (secondary N) is 2. The lowest BCUT2D eigenvalue weighted by Gasteiger charge is -2.38. The van der Waals surface area contributed by atoms with Crippen molar-refractivity contribution in [2.45, 2.75) is 39.0 Å². The standard InChI is InChI=1S/C26H39N5O4S/c1-5-6-7-8-9-13-26(24(33)35-4)14-17-31(18-15-26)25(27)30-21-12-19-36(34)23(21)20(2)29-16-10-11-22(32)28-3/h5-9,13,29H,2,10-12,14-19H2,1,3-4H3,(H2,27,30)(H,28,32)/b6-5-,8-7-,13-9+. The first kappa shape index (κ1) is 29.3. The maximum absolute atomic E-state index is 12.6. The Morgan fingerprint density at radius 1 is 1.28 bits per heavy atom. The minimum atomic E-state index is -1.21. The van der Waals surface area contributed by atoms with Gasteiger partial charge < -0.3 is 30.6 Å². The Kier molecular flexibility index (Phi) is 11.8. The summed E-state index contributed by atoms with van der Waals surface area (Å²) in [4.78, 5) is 31.1. The maximum atomic E-state index is 12.6. The third-order valence-corrected chi connectivity index (χ3v) is 7.76. The van der Waals surface area contributed by atoms with Crippen molar-refractivity contribution in [1.82, 2.24) is 15.5 Å². The molecule has 0 aromatic rings. The highest BCUT2D eigenvalue weighted by molar-refractivity contribution is 7.95. The summed E-state index contributed by atoms with van der Waals surface area (Å²) >= 11 is -1.21. The summed E-state index contributed by atoms with van der Waals surface area (Å²) in [5.41, 5.74) is 6.85. The third-order valence-electron chi connectivity index (χ3n) is 6.25. The molecule has 36 heavy (non-hydrogen) atoms. The fourth-order valence-electron chi connectivity index (χ4n) is 4.11. The Balaban J connectivity index is 2.07. The lowest BCUT2D eigenvalue weighted by molar-refractivity contribution is -0.151. The van der Waals surface area contributed by atoms with E-state index in [9.17, 15) is 14.1 Å². The second-order valence-electron chi connectivity index (χ2n) is 8.63. The summed E-state index contributed by atoms with van der Waals surface area (Å²) in [5, 5.41) is 5.75. The summed E-state index contributed by atoms with van der Waals surface area (Å²) in [7, 11) is 3.01. The van der Waals surface area contributed by atoms with E-state index in [1.807, 2.05) is 48.3 Å². The predicted octanol–water partition coefficient (Wildman–Crippen LogP) is 2.24. The number of methoxy groups -OCH3 is 1. The summed E-state index contributed by atoms with van der Waals surface area (Å²) in [6.07, 6.45) is 14.1. The monoisotopic (exact) mass is 517 g/mol. The van der Waals surface area contributed by atoms with Crippen molar-refractivity contribution in [3.8, 4) is 0 Å². The van der Waals surface area contributed by atoms with Gasteiger partial charge in [-0.05, 0) is 37.4 Å². The first-order valence-corrected chi connectivity index (χ1v) is 13.5. The number of allylic oxidation sites excluding steroid dienone is 6. The number of hydrogen-bond acceptors (Lipinski definition) is 6. The Bertz CT molecular complexity index is 946. The van der Waals surface area contributed by atoms with E-state index in [4.69, 9.17) is 10.5 Å². The lowest BCUT2D eigenvalue weighted by atomic mass is 9.78. The largest absolute Gasteiger partial charge is 0.611 e. The van der Waals surface area contributed by atoms with Gasteiger partial charge in [0.1, 0.15) is 11.4 Å². The zero-order valence-corrected chi connectivity index (χ0v) is 22.4. The van der Waals surface area contributed by atoms with Gasteiger partial charge in [-0.1, -0.05) is 43.0 Å². The van der Waals surface area contributed by atoms with Gasteiger partial charge in [-0.25, -0.2) is 4.99 Å². The molecule has 0 aliphatic carbocycles. The van der Waals surface area contributed by atoms with Crippen LogP contribution in [-0.2, 0) is 25.5 Å². The van der Waals surface area contributed by atoms with E-state index in [0.717, 1.165) is 0 Å². The molecule has 1 unspecified atom stereocenters. The molecule has 1 amide bonds. The maximum Gasteiger partial charge on any atom is 0.315 e. The normalized spacial score (nSPS) is 20.5. The highest BCUT2D eigenvalue weighted by Crippen LogP contribution is 2.35. The van der Waals surface area contributed by atoms with Crippen molar-refractivity contribution >= 4 is 29.0 Å². The van der Waals surface area contributed by atoms with Gasteiger partial charge in [0.05, 0.1) is 18.2 Å². The van der Waals surface area contributed by atoms with Crippen LogP contribution in [0.5, 0.6) is 0 Å². The molecule has 0 spiro atoms. The van der Waals surface area contributed by atoms with E-state index in [-0.39, 0.29) is 11.9 Å². The van der Waals surface area contributed by atoms with Crippen LogP contribution in [0.15, 0.2) is 64.3 Å². The smallest absolute Gasteiger partial charge is 0.315 e. The molecule has 0 saturated carbocycles. The number of nitrogens with two attached hydrogens (primary N) is 1. The Morgan fingerprint density at radius 2 is 1.97 bits per heavy atom. The zero-order chi connectivity index (χ0) is 26.6. The van der Waals surface area contributed by atoms with E-state index >= 15 is 0 Å². The second kappa shape index (κ2) is 14.5. The molecule has 2 heterocycles. The van der Waals surface area contributed by atoms with Crippen LogP contribution >= 0.6 is 0 Å². The predicted molar refractivity (Wildman–Crippen MR) is 145 cm³/mol. The van der Waals surface area contributed by atoms with Crippen LogP contribution < -0.4 is 16.4 Å². The van der Waals surface area contributed by atoms with Crippen molar-refractivity contribution in [3.05, 3.63) is 59.3 Å². The molecule has 2 aliphatic heterocycles. The molecule has 0 radical (unpaired) electrons. The van der Waals surface area contributed by atoms with Crippen LogP contribution in [0.25, 0.3) is 0 Å². The summed E-state index contributed by atoms with van der Waals surface area (Å²) in [6.45, 7) is 7.59. The number of carbonyl (C=O) groups excluding carboxylic acids is 2. The van der Waals surface area contributed by atoms with E-state index in [2.05, 4.69) is 22.2 Å². The van der Waals surface area contributed by atoms with Crippen molar-refractivity contribution < 1.29 is 18.9 Å². The first-order valence-electron chi connectivity index (χ1n) is 12.2. The number of amides is 1. The van der Waals surface area contributed by atoms with Crippen LogP contribution in [0.2, 0.25) is 0 Å². The fraction of sp³-hybridized carbons (Fsp3) is 0.500. The van der Waals surface area contributed by atoms with Gasteiger partial charge in [-0.2, -0.15) is 0 Å². The molecule has 1 fully saturated rings. The van der Waals surface area contributed by atoms with Gasteiger partial charge in [-0.15, -0.1) is 0 Å². The fourth-order valence-corrected chi connectivity index (χ4v) is 5.45. The number of esters is 1. The lowest BCUT2D eigenvalue weighted by Crippen LogP contribution is -2.48. The topological polar surface area (TPSA) is 132 Å². The van der Waals surface area contributed by atoms with Gasteiger partial charge in [0.25, 0.3) is 0 Å². The van der Waals surface area contributed by atoms with Gasteiger partial charge in [0.2, 0.25) is 5.91 Å². The van der Waals surface area contributed by atoms with Gasteiger partial charge in [0.15, 0.2) is 10.9 Å². The molecule has 1 saturated heterocycles. The van der Waals surface area contributed by atoms with E-state index in [1.165, 1.54) is 7.11 Å². The average Bonchev–Trinajstić information content (AvgIpc) is 3.25. The number of carbonyl (C=O) groups is 2. The number of guanidine groups is 1. The highest BCUT2D eigenvalue weighted by Gasteiger charge is 2.41. The molecule has 2 rings (SSSR count). The van der Waals surface area contributed by atoms with Crippen LogP contribution in [0.4, 0.5) is 0 Å². The molecule has 198 valence electrons. The van der Waals surface area contributed by atoms with Crippen LogP contribution in [0.3, 0.4) is 0 Å². The molecule has 0 aromatic heterocycles. The van der Waals surface area contributed by atoms with Gasteiger partial charge in [0, 0.05) is 39.5 Å². The van der Waals surface area contributed by atoms with E-state index < -0.39 is 16.6 Å². The number of hydrogen-bond donors (Lipinski definition) is 3. The second-order valence-corrected chi connectivity index (χ2v) is 10.1. The number of piperidine rings is 1. The first-order chi connectivity index (χ1) is 17.3. The third kappa shape index (κ3) is 8.03. The van der Waals surface area contributed by atoms with Gasteiger partial charge in [-0.3, -0.25) is 9.59 Å². The van der Waals surface area contributed by atoms with Crippen molar-refractivity contribution in [1.29, 1.82) is 0 Å².